The van der Waals surface area contributed by atoms with Crippen molar-refractivity contribution in [2.24, 2.45) is 17.8 Å². The lowest BCUT2D eigenvalue weighted by Crippen LogP contribution is -2.43. The first kappa shape index (κ1) is 12.5. The van der Waals surface area contributed by atoms with Crippen LogP contribution in [0.3, 0.4) is 0 Å². The molecule has 5 heteroatoms. The van der Waals surface area contributed by atoms with Gasteiger partial charge in [-0.1, -0.05) is 11.6 Å². The van der Waals surface area contributed by atoms with Crippen LogP contribution in [0.4, 0.5) is 0 Å². The van der Waals surface area contributed by atoms with Crippen molar-refractivity contribution >= 4 is 28.9 Å². The van der Waals surface area contributed by atoms with Crippen LogP contribution in [-0.2, 0) is 11.3 Å². The van der Waals surface area contributed by atoms with Crippen molar-refractivity contribution in [3.8, 4) is 0 Å². The molecule has 4 atom stereocenters. The Morgan fingerprint density at radius 2 is 2.28 bits per heavy atom. The Kier molecular flexibility index (Phi) is 3.34. The number of carboxylic acids is 1. The minimum Gasteiger partial charge on any atom is -0.481 e. The van der Waals surface area contributed by atoms with Crippen LogP contribution >= 0.6 is 22.9 Å². The molecule has 4 unspecified atom stereocenters. The summed E-state index contributed by atoms with van der Waals surface area (Å²) in [6, 6.07) is 2.09. The number of carbonyl (C=O) groups is 1. The third-order valence-corrected chi connectivity index (χ3v) is 5.62. The summed E-state index contributed by atoms with van der Waals surface area (Å²) >= 11 is 7.51. The van der Waals surface area contributed by atoms with Crippen LogP contribution < -0.4 is 5.32 Å². The summed E-state index contributed by atoms with van der Waals surface area (Å²) in [6.45, 7) is 0.731. The summed E-state index contributed by atoms with van der Waals surface area (Å²) in [4.78, 5) is 12.5. The van der Waals surface area contributed by atoms with Gasteiger partial charge in [0.2, 0.25) is 0 Å². The van der Waals surface area contributed by atoms with E-state index in [4.69, 9.17) is 11.6 Å². The Bertz CT molecular complexity index is 462. The molecule has 0 radical (unpaired) electrons. The van der Waals surface area contributed by atoms with Gasteiger partial charge in [0.25, 0.3) is 0 Å². The highest BCUT2D eigenvalue weighted by Gasteiger charge is 2.50. The molecular formula is C13H16ClNO2S. The molecule has 2 N–H and O–H groups in total. The smallest absolute Gasteiger partial charge is 0.308 e. The number of aliphatic carboxylic acids is 1. The van der Waals surface area contributed by atoms with E-state index in [0.717, 1.165) is 24.4 Å². The van der Waals surface area contributed by atoms with E-state index in [1.54, 1.807) is 11.3 Å². The number of rotatable bonds is 4. The fourth-order valence-corrected chi connectivity index (χ4v) is 4.63. The molecule has 2 fully saturated rings. The van der Waals surface area contributed by atoms with Crippen molar-refractivity contribution in [3.05, 3.63) is 21.3 Å². The highest BCUT2D eigenvalue weighted by Crippen LogP contribution is 2.48. The summed E-state index contributed by atoms with van der Waals surface area (Å²) in [6.07, 6.45) is 3.35. The van der Waals surface area contributed by atoms with Gasteiger partial charge in [-0.05, 0) is 37.2 Å². The van der Waals surface area contributed by atoms with Crippen LogP contribution in [0.2, 0.25) is 5.02 Å². The number of halogens is 1. The van der Waals surface area contributed by atoms with Crippen molar-refractivity contribution in [1.29, 1.82) is 0 Å². The fourth-order valence-electron chi connectivity index (χ4n) is 3.61. The van der Waals surface area contributed by atoms with E-state index in [2.05, 4.69) is 5.32 Å². The highest BCUT2D eigenvalue weighted by atomic mass is 35.5. The predicted molar refractivity (Wildman–Crippen MR) is 71.9 cm³/mol. The van der Waals surface area contributed by atoms with Crippen LogP contribution in [0.5, 0.6) is 0 Å². The molecule has 2 bridgehead atoms. The molecule has 1 heterocycles. The third kappa shape index (κ3) is 2.17. The van der Waals surface area contributed by atoms with Gasteiger partial charge in [0.05, 0.1) is 10.9 Å². The monoisotopic (exact) mass is 285 g/mol. The molecule has 18 heavy (non-hydrogen) atoms. The van der Waals surface area contributed by atoms with Gasteiger partial charge in [-0.25, -0.2) is 0 Å². The maximum Gasteiger partial charge on any atom is 0.308 e. The second-order valence-corrected chi connectivity index (χ2v) is 6.77. The minimum atomic E-state index is -0.635. The molecule has 2 aliphatic carbocycles. The predicted octanol–water partition coefficient (Wildman–Crippen LogP) is 2.99. The second-order valence-electron chi connectivity index (χ2n) is 5.34. The summed E-state index contributed by atoms with van der Waals surface area (Å²) in [7, 11) is 0. The lowest BCUT2D eigenvalue weighted by atomic mass is 9.84. The van der Waals surface area contributed by atoms with E-state index in [1.165, 1.54) is 11.3 Å². The SMILES string of the molecule is O=C(O)C1C2CCC(C2)C1NCc1cc(Cl)cs1. The first-order chi connectivity index (χ1) is 8.65. The maximum absolute atomic E-state index is 11.4. The van der Waals surface area contributed by atoms with Crippen molar-refractivity contribution in [3.63, 3.8) is 0 Å². The first-order valence-corrected chi connectivity index (χ1v) is 7.60. The van der Waals surface area contributed by atoms with Gasteiger partial charge in [-0.15, -0.1) is 11.3 Å². The molecule has 0 aromatic carbocycles. The van der Waals surface area contributed by atoms with Gasteiger partial charge in [0.1, 0.15) is 0 Å². The van der Waals surface area contributed by atoms with E-state index in [-0.39, 0.29) is 12.0 Å². The molecule has 2 aliphatic rings. The minimum absolute atomic E-state index is 0.141. The number of fused-ring (bicyclic) bond motifs is 2. The third-order valence-electron chi connectivity index (χ3n) is 4.34. The van der Waals surface area contributed by atoms with E-state index in [0.29, 0.717) is 11.8 Å². The van der Waals surface area contributed by atoms with Gasteiger partial charge >= 0.3 is 5.97 Å². The Balaban J connectivity index is 1.66. The number of carboxylic acid groups (broad SMARTS) is 1. The standard InChI is InChI=1S/C13H16ClNO2S/c14-9-4-10(18-6-9)5-15-12-8-2-1-7(3-8)11(12)13(16)17/h4,6-8,11-12,15H,1-3,5H2,(H,16,17). The zero-order valence-corrected chi connectivity index (χ0v) is 11.5. The lowest BCUT2D eigenvalue weighted by molar-refractivity contribution is -0.144. The number of nitrogens with one attached hydrogen (secondary N) is 1. The fraction of sp³-hybridized carbons (Fsp3) is 0.615. The second kappa shape index (κ2) is 4.83. The lowest BCUT2D eigenvalue weighted by Gasteiger charge is -2.28. The summed E-state index contributed by atoms with van der Waals surface area (Å²) in [5, 5.41) is 15.5. The van der Waals surface area contributed by atoms with Gasteiger partial charge < -0.3 is 10.4 Å². The molecule has 0 amide bonds. The van der Waals surface area contributed by atoms with Gasteiger partial charge in [0, 0.05) is 22.8 Å². The van der Waals surface area contributed by atoms with E-state index < -0.39 is 5.97 Å². The van der Waals surface area contributed by atoms with Crippen LogP contribution in [0.25, 0.3) is 0 Å². The van der Waals surface area contributed by atoms with Gasteiger partial charge in [-0.2, -0.15) is 0 Å². The molecular weight excluding hydrogens is 270 g/mol. The van der Waals surface area contributed by atoms with E-state index >= 15 is 0 Å². The van der Waals surface area contributed by atoms with Crippen LogP contribution in [0.1, 0.15) is 24.1 Å². The van der Waals surface area contributed by atoms with Crippen LogP contribution in [-0.4, -0.2) is 17.1 Å². The molecule has 0 saturated heterocycles. The molecule has 3 nitrogen and oxygen atoms in total. The number of hydrogen-bond donors (Lipinski definition) is 2. The maximum atomic E-state index is 11.4. The van der Waals surface area contributed by atoms with Crippen molar-refractivity contribution in [1.82, 2.24) is 5.32 Å². The normalized spacial score (nSPS) is 34.1. The summed E-state index contributed by atoms with van der Waals surface area (Å²) in [5.41, 5.74) is 0. The van der Waals surface area contributed by atoms with Gasteiger partial charge in [-0.3, -0.25) is 4.79 Å². The zero-order valence-electron chi connectivity index (χ0n) is 9.93. The topological polar surface area (TPSA) is 49.3 Å². The van der Waals surface area contributed by atoms with E-state index in [1.807, 2.05) is 11.4 Å². The number of thiophene rings is 1. The molecule has 1 aromatic rings. The van der Waals surface area contributed by atoms with Crippen LogP contribution in [0.15, 0.2) is 11.4 Å². The summed E-state index contributed by atoms with van der Waals surface area (Å²) in [5.74, 6) is 0.103. The van der Waals surface area contributed by atoms with Crippen molar-refractivity contribution < 1.29 is 9.90 Å². The van der Waals surface area contributed by atoms with Crippen molar-refractivity contribution in [2.75, 3.05) is 0 Å². The molecule has 98 valence electrons. The Morgan fingerprint density at radius 3 is 2.94 bits per heavy atom. The van der Waals surface area contributed by atoms with Gasteiger partial charge in [0.15, 0.2) is 0 Å². The molecule has 0 spiro atoms. The number of hydrogen-bond acceptors (Lipinski definition) is 3. The largest absolute Gasteiger partial charge is 0.481 e. The molecule has 0 aliphatic heterocycles. The zero-order chi connectivity index (χ0) is 12.7. The van der Waals surface area contributed by atoms with Crippen molar-refractivity contribution in [2.45, 2.75) is 31.8 Å². The highest BCUT2D eigenvalue weighted by molar-refractivity contribution is 7.10. The molecule has 3 rings (SSSR count). The Labute approximate surface area is 115 Å². The Hall–Kier alpha value is -0.580. The Morgan fingerprint density at radius 1 is 1.50 bits per heavy atom. The average molecular weight is 286 g/mol. The van der Waals surface area contributed by atoms with Crippen LogP contribution in [0, 0.1) is 17.8 Å². The molecule has 1 aromatic heterocycles. The van der Waals surface area contributed by atoms with E-state index in [9.17, 15) is 9.90 Å². The first-order valence-electron chi connectivity index (χ1n) is 6.34. The average Bonchev–Trinajstić information content (AvgIpc) is 3.00. The molecule has 2 saturated carbocycles. The summed E-state index contributed by atoms with van der Waals surface area (Å²) < 4.78 is 0. The quantitative estimate of drug-likeness (QED) is 0.894.